The molecular weight excluding hydrogens is 284 g/mol. The molecular formula is C15H18N4O3. The lowest BCUT2D eigenvalue weighted by Crippen LogP contribution is -2.24. The SMILES string of the molecule is CC(CC(=O)NCc1cn(CC(=O)O)nn1)c1ccccc1. The zero-order chi connectivity index (χ0) is 15.9. The highest BCUT2D eigenvalue weighted by atomic mass is 16.4. The molecule has 1 aromatic carbocycles. The highest BCUT2D eigenvalue weighted by Crippen LogP contribution is 2.18. The molecule has 1 aromatic heterocycles. The molecule has 0 radical (unpaired) electrons. The first-order chi connectivity index (χ1) is 10.5. The number of amides is 1. The minimum absolute atomic E-state index is 0.0795. The average Bonchev–Trinajstić information content (AvgIpc) is 2.93. The van der Waals surface area contributed by atoms with Gasteiger partial charge in [0.1, 0.15) is 12.2 Å². The largest absolute Gasteiger partial charge is 0.480 e. The Hall–Kier alpha value is -2.70. The molecule has 2 rings (SSSR count). The number of nitrogens with one attached hydrogen (secondary N) is 1. The number of aromatic nitrogens is 3. The minimum Gasteiger partial charge on any atom is -0.480 e. The normalized spacial score (nSPS) is 11.9. The van der Waals surface area contributed by atoms with Crippen molar-refractivity contribution in [3.63, 3.8) is 0 Å². The number of hydrogen-bond donors (Lipinski definition) is 2. The molecule has 116 valence electrons. The highest BCUT2D eigenvalue weighted by Gasteiger charge is 2.11. The first kappa shape index (κ1) is 15.7. The molecule has 2 aromatic rings. The third kappa shape index (κ3) is 4.69. The first-order valence-corrected chi connectivity index (χ1v) is 6.97. The maximum Gasteiger partial charge on any atom is 0.325 e. The summed E-state index contributed by atoms with van der Waals surface area (Å²) in [6, 6.07) is 9.83. The Kier molecular flexibility index (Phi) is 5.24. The lowest BCUT2D eigenvalue weighted by atomic mass is 9.98. The van der Waals surface area contributed by atoms with Gasteiger partial charge in [0.15, 0.2) is 0 Å². The van der Waals surface area contributed by atoms with Crippen molar-refractivity contribution in [2.45, 2.75) is 32.4 Å². The van der Waals surface area contributed by atoms with E-state index in [0.717, 1.165) is 5.56 Å². The topological polar surface area (TPSA) is 97.1 Å². The van der Waals surface area contributed by atoms with Crippen molar-refractivity contribution in [1.82, 2.24) is 20.3 Å². The second-order valence-electron chi connectivity index (χ2n) is 5.09. The van der Waals surface area contributed by atoms with E-state index >= 15 is 0 Å². The number of carboxylic acid groups (broad SMARTS) is 1. The van der Waals surface area contributed by atoms with Gasteiger partial charge in [0.25, 0.3) is 0 Å². The van der Waals surface area contributed by atoms with Crippen molar-refractivity contribution in [2.24, 2.45) is 0 Å². The van der Waals surface area contributed by atoms with Gasteiger partial charge in [-0.1, -0.05) is 42.5 Å². The smallest absolute Gasteiger partial charge is 0.325 e. The molecule has 2 N–H and O–H groups in total. The number of carbonyl (C=O) groups excluding carboxylic acids is 1. The van der Waals surface area contributed by atoms with E-state index in [0.29, 0.717) is 12.1 Å². The Labute approximate surface area is 128 Å². The van der Waals surface area contributed by atoms with Gasteiger partial charge in [-0.15, -0.1) is 5.10 Å². The minimum atomic E-state index is -0.989. The summed E-state index contributed by atoms with van der Waals surface area (Å²) in [6.45, 7) is 1.99. The summed E-state index contributed by atoms with van der Waals surface area (Å²) < 4.78 is 1.22. The predicted octanol–water partition coefficient (Wildman–Crippen LogP) is 1.17. The highest BCUT2D eigenvalue weighted by molar-refractivity contribution is 5.76. The standard InChI is InChI=1S/C15H18N4O3/c1-11(12-5-3-2-4-6-12)7-14(20)16-8-13-9-19(18-17-13)10-15(21)22/h2-6,9,11H,7-8,10H2,1H3,(H,16,20)(H,21,22). The van der Waals surface area contributed by atoms with Crippen LogP contribution in [0.25, 0.3) is 0 Å². The van der Waals surface area contributed by atoms with Gasteiger partial charge < -0.3 is 10.4 Å². The second kappa shape index (κ2) is 7.35. The van der Waals surface area contributed by atoms with Crippen LogP contribution in [-0.4, -0.2) is 32.0 Å². The van der Waals surface area contributed by atoms with E-state index in [-0.39, 0.29) is 24.9 Å². The third-order valence-corrected chi connectivity index (χ3v) is 3.21. The van der Waals surface area contributed by atoms with Crippen molar-refractivity contribution in [3.05, 3.63) is 47.8 Å². The van der Waals surface area contributed by atoms with E-state index in [4.69, 9.17) is 5.11 Å². The molecule has 0 aliphatic rings. The van der Waals surface area contributed by atoms with E-state index in [2.05, 4.69) is 15.6 Å². The van der Waals surface area contributed by atoms with Gasteiger partial charge in [0.2, 0.25) is 5.91 Å². The van der Waals surface area contributed by atoms with E-state index < -0.39 is 5.97 Å². The van der Waals surface area contributed by atoms with Crippen molar-refractivity contribution < 1.29 is 14.7 Å². The van der Waals surface area contributed by atoms with Crippen LogP contribution in [-0.2, 0) is 22.7 Å². The number of carboxylic acids is 1. The molecule has 22 heavy (non-hydrogen) atoms. The van der Waals surface area contributed by atoms with Crippen LogP contribution in [0.4, 0.5) is 0 Å². The zero-order valence-corrected chi connectivity index (χ0v) is 12.3. The Morgan fingerprint density at radius 3 is 2.73 bits per heavy atom. The molecule has 1 heterocycles. The molecule has 7 nitrogen and oxygen atoms in total. The van der Waals surface area contributed by atoms with Crippen LogP contribution in [0.5, 0.6) is 0 Å². The quantitative estimate of drug-likeness (QED) is 0.800. The number of carbonyl (C=O) groups is 2. The second-order valence-corrected chi connectivity index (χ2v) is 5.09. The summed E-state index contributed by atoms with van der Waals surface area (Å²) in [5, 5.41) is 18.9. The number of nitrogens with zero attached hydrogens (tertiary/aromatic N) is 3. The van der Waals surface area contributed by atoms with Crippen LogP contribution in [0.3, 0.4) is 0 Å². The maximum absolute atomic E-state index is 11.9. The predicted molar refractivity (Wildman–Crippen MR) is 79.0 cm³/mol. The van der Waals surface area contributed by atoms with Crippen molar-refractivity contribution in [2.75, 3.05) is 0 Å². The molecule has 1 atom stereocenters. The van der Waals surface area contributed by atoms with Crippen LogP contribution in [0.1, 0.15) is 30.5 Å². The van der Waals surface area contributed by atoms with Gasteiger partial charge in [0, 0.05) is 6.42 Å². The van der Waals surface area contributed by atoms with Gasteiger partial charge in [-0.3, -0.25) is 9.59 Å². The first-order valence-electron chi connectivity index (χ1n) is 6.97. The zero-order valence-electron chi connectivity index (χ0n) is 12.3. The van der Waals surface area contributed by atoms with Gasteiger partial charge in [-0.05, 0) is 11.5 Å². The number of rotatable bonds is 7. The third-order valence-electron chi connectivity index (χ3n) is 3.21. The number of hydrogen-bond acceptors (Lipinski definition) is 4. The summed E-state index contributed by atoms with van der Waals surface area (Å²) in [5.41, 5.74) is 1.65. The molecule has 0 bridgehead atoms. The monoisotopic (exact) mass is 302 g/mol. The maximum atomic E-state index is 11.9. The lowest BCUT2D eigenvalue weighted by molar-refractivity contribution is -0.138. The molecule has 1 amide bonds. The van der Waals surface area contributed by atoms with Crippen LogP contribution in [0.15, 0.2) is 36.5 Å². The summed E-state index contributed by atoms with van der Waals surface area (Å²) in [4.78, 5) is 22.5. The molecule has 1 unspecified atom stereocenters. The summed E-state index contributed by atoms with van der Waals surface area (Å²) >= 11 is 0. The van der Waals surface area contributed by atoms with E-state index in [1.807, 2.05) is 37.3 Å². The molecule has 0 spiro atoms. The Balaban J connectivity index is 1.80. The summed E-state index contributed by atoms with van der Waals surface area (Å²) in [5.74, 6) is -0.940. The van der Waals surface area contributed by atoms with Crippen LogP contribution in [0.2, 0.25) is 0 Å². The Bertz CT molecular complexity index is 639. The molecule has 0 saturated heterocycles. The number of benzene rings is 1. The van der Waals surface area contributed by atoms with Crippen LogP contribution >= 0.6 is 0 Å². The van der Waals surface area contributed by atoms with E-state index in [1.54, 1.807) is 0 Å². The molecule has 0 aliphatic heterocycles. The van der Waals surface area contributed by atoms with Crippen molar-refractivity contribution in [3.8, 4) is 0 Å². The van der Waals surface area contributed by atoms with Crippen molar-refractivity contribution >= 4 is 11.9 Å². The fraction of sp³-hybridized carbons (Fsp3) is 0.333. The number of aliphatic carboxylic acids is 1. The van der Waals surface area contributed by atoms with Gasteiger partial charge in [0.05, 0.1) is 12.7 Å². The van der Waals surface area contributed by atoms with Gasteiger partial charge in [-0.2, -0.15) is 0 Å². The molecule has 0 aliphatic carbocycles. The summed E-state index contributed by atoms with van der Waals surface area (Å²) in [6.07, 6.45) is 1.89. The van der Waals surface area contributed by atoms with Crippen LogP contribution < -0.4 is 5.32 Å². The fourth-order valence-corrected chi connectivity index (χ4v) is 2.07. The average molecular weight is 302 g/mol. The fourth-order valence-electron chi connectivity index (χ4n) is 2.07. The Morgan fingerprint density at radius 2 is 2.05 bits per heavy atom. The van der Waals surface area contributed by atoms with E-state index in [1.165, 1.54) is 10.9 Å². The van der Waals surface area contributed by atoms with Crippen molar-refractivity contribution in [1.29, 1.82) is 0 Å². The van der Waals surface area contributed by atoms with Gasteiger partial charge >= 0.3 is 5.97 Å². The van der Waals surface area contributed by atoms with Gasteiger partial charge in [-0.25, -0.2) is 4.68 Å². The molecule has 0 saturated carbocycles. The molecule has 0 fully saturated rings. The Morgan fingerprint density at radius 1 is 1.32 bits per heavy atom. The molecule has 7 heteroatoms. The summed E-state index contributed by atoms with van der Waals surface area (Å²) in [7, 11) is 0. The van der Waals surface area contributed by atoms with E-state index in [9.17, 15) is 9.59 Å². The van der Waals surface area contributed by atoms with Crippen LogP contribution in [0, 0.1) is 0 Å². The lowest BCUT2D eigenvalue weighted by Gasteiger charge is -2.11.